The van der Waals surface area contributed by atoms with Gasteiger partial charge in [-0.15, -0.1) is 0 Å². The van der Waals surface area contributed by atoms with Gasteiger partial charge in [-0.1, -0.05) is 111 Å². The summed E-state index contributed by atoms with van der Waals surface area (Å²) >= 11 is 0. The maximum absolute atomic E-state index is 6.48. The van der Waals surface area contributed by atoms with Crippen LogP contribution in [0.4, 0.5) is 17.1 Å². The summed E-state index contributed by atoms with van der Waals surface area (Å²) in [5.74, 6) is 0.580. The van der Waals surface area contributed by atoms with E-state index >= 15 is 0 Å². The third-order valence-electron chi connectivity index (χ3n) is 11.3. The molecule has 0 saturated heterocycles. The van der Waals surface area contributed by atoms with Crippen LogP contribution in [0.2, 0.25) is 0 Å². The highest BCUT2D eigenvalue weighted by molar-refractivity contribution is 6.13. The number of hydrogen-bond acceptors (Lipinski definition) is 4. The Morgan fingerprint density at radius 1 is 0.463 bits per heavy atom. The molecule has 0 unspecified atom stereocenters. The van der Waals surface area contributed by atoms with Crippen LogP contribution in [-0.2, 0) is 5.41 Å². The van der Waals surface area contributed by atoms with Gasteiger partial charge in [0.1, 0.15) is 16.7 Å². The first-order valence-corrected chi connectivity index (χ1v) is 18.4. The van der Waals surface area contributed by atoms with E-state index in [-0.39, 0.29) is 5.41 Å². The molecular weight excluding hydrogens is 661 g/mol. The average molecular weight is 695 g/mol. The highest BCUT2D eigenvalue weighted by Crippen LogP contribution is 2.51. The van der Waals surface area contributed by atoms with Gasteiger partial charge < -0.3 is 13.7 Å². The van der Waals surface area contributed by atoms with Crippen molar-refractivity contribution in [1.29, 1.82) is 0 Å². The normalized spacial score (nSPS) is 13.1. The van der Waals surface area contributed by atoms with Crippen molar-refractivity contribution in [3.8, 4) is 33.7 Å². The minimum atomic E-state index is -0.138. The molecule has 11 rings (SSSR count). The van der Waals surface area contributed by atoms with E-state index in [4.69, 9.17) is 13.8 Å². The maximum atomic E-state index is 6.48. The summed E-state index contributed by atoms with van der Waals surface area (Å²) in [6.07, 6.45) is 0. The van der Waals surface area contributed by atoms with Gasteiger partial charge in [-0.2, -0.15) is 0 Å². The summed E-state index contributed by atoms with van der Waals surface area (Å²) in [5.41, 5.74) is 14.9. The SMILES string of the molecule is CC1(C)c2ccccc2-c2ccc(N(c3ccc4ccc(-c5ccccc5)cc4c3)c3ccc4oc5cccc(-c6nc7ccccc7o6)c5c4c3)cc21. The molecule has 1 aliphatic rings. The van der Waals surface area contributed by atoms with Crippen LogP contribution < -0.4 is 4.90 Å². The number of fused-ring (bicyclic) bond motifs is 8. The van der Waals surface area contributed by atoms with Crippen LogP contribution in [0.5, 0.6) is 0 Å². The fourth-order valence-corrected chi connectivity index (χ4v) is 8.58. The molecule has 8 aromatic carbocycles. The standard InChI is InChI=1S/C50H34N2O2/c1-50(2)42-15-7-6-13-38(42)39-25-23-37(30-43(39)50)52(35-22-21-32-19-20-33(27-34(32)28-35)31-11-4-3-5-12-31)36-24-26-45-41(29-36)48-40(14-10-18-47(48)53-45)49-51-44-16-8-9-17-46(44)54-49/h3-30H,1-2H3. The van der Waals surface area contributed by atoms with Gasteiger partial charge in [0.2, 0.25) is 5.89 Å². The number of aromatic nitrogens is 1. The Labute approximate surface area is 312 Å². The van der Waals surface area contributed by atoms with Crippen molar-refractivity contribution in [2.75, 3.05) is 4.90 Å². The minimum Gasteiger partial charge on any atom is -0.456 e. The van der Waals surface area contributed by atoms with Crippen LogP contribution in [0.3, 0.4) is 0 Å². The molecule has 0 spiro atoms. The predicted octanol–water partition coefficient (Wildman–Crippen LogP) is 14.0. The summed E-state index contributed by atoms with van der Waals surface area (Å²) < 4.78 is 12.8. The second-order valence-corrected chi connectivity index (χ2v) is 14.8. The first-order valence-electron chi connectivity index (χ1n) is 18.4. The number of furan rings is 1. The van der Waals surface area contributed by atoms with Crippen molar-refractivity contribution in [2.24, 2.45) is 0 Å². The molecule has 2 heterocycles. The molecule has 0 radical (unpaired) electrons. The van der Waals surface area contributed by atoms with E-state index in [1.807, 2.05) is 36.4 Å². The van der Waals surface area contributed by atoms with Crippen LogP contribution in [0.25, 0.3) is 77.5 Å². The second kappa shape index (κ2) is 11.5. The summed E-state index contributed by atoms with van der Waals surface area (Å²) in [6.45, 7) is 4.68. The summed E-state index contributed by atoms with van der Waals surface area (Å²) in [6, 6.07) is 60.4. The molecule has 0 atom stereocenters. The van der Waals surface area contributed by atoms with Gasteiger partial charge in [0.15, 0.2) is 5.58 Å². The molecule has 54 heavy (non-hydrogen) atoms. The lowest BCUT2D eigenvalue weighted by Crippen LogP contribution is -2.16. The average Bonchev–Trinajstić information content (AvgIpc) is 3.88. The molecule has 0 fully saturated rings. The number of rotatable bonds is 5. The fourth-order valence-electron chi connectivity index (χ4n) is 8.58. The summed E-state index contributed by atoms with van der Waals surface area (Å²) in [5, 5.41) is 4.37. The molecule has 0 N–H and O–H groups in total. The molecule has 1 aliphatic carbocycles. The van der Waals surface area contributed by atoms with E-state index in [0.29, 0.717) is 5.89 Å². The van der Waals surface area contributed by atoms with Gasteiger partial charge in [-0.25, -0.2) is 4.98 Å². The highest BCUT2D eigenvalue weighted by atomic mass is 16.3. The maximum Gasteiger partial charge on any atom is 0.228 e. The quantitative estimate of drug-likeness (QED) is 0.180. The number of hydrogen-bond donors (Lipinski definition) is 0. The van der Waals surface area contributed by atoms with Crippen molar-refractivity contribution >= 4 is 60.9 Å². The third-order valence-corrected chi connectivity index (χ3v) is 11.3. The number of nitrogens with zero attached hydrogens (tertiary/aromatic N) is 2. The molecule has 0 saturated carbocycles. The lowest BCUT2D eigenvalue weighted by molar-refractivity contribution is 0.620. The Balaban J connectivity index is 1.13. The topological polar surface area (TPSA) is 42.4 Å². The lowest BCUT2D eigenvalue weighted by Gasteiger charge is -2.28. The van der Waals surface area contributed by atoms with Crippen LogP contribution in [0.1, 0.15) is 25.0 Å². The lowest BCUT2D eigenvalue weighted by atomic mass is 9.82. The van der Waals surface area contributed by atoms with Crippen molar-refractivity contribution < 1.29 is 8.83 Å². The Hall–Kier alpha value is -6.91. The number of anilines is 3. The van der Waals surface area contributed by atoms with E-state index in [1.165, 1.54) is 44.2 Å². The zero-order chi connectivity index (χ0) is 36.0. The molecule has 0 amide bonds. The largest absolute Gasteiger partial charge is 0.456 e. The number of oxazole rings is 1. The van der Waals surface area contributed by atoms with Crippen LogP contribution in [0.15, 0.2) is 179 Å². The first kappa shape index (κ1) is 30.7. The summed E-state index contributed by atoms with van der Waals surface area (Å²) in [4.78, 5) is 7.26. The van der Waals surface area contributed by atoms with Crippen LogP contribution in [-0.4, -0.2) is 4.98 Å². The Morgan fingerprint density at radius 3 is 2.07 bits per heavy atom. The Bertz CT molecular complexity index is 3060. The van der Waals surface area contributed by atoms with Crippen LogP contribution in [0, 0.1) is 0 Å². The zero-order valence-electron chi connectivity index (χ0n) is 29.9. The van der Waals surface area contributed by atoms with Crippen molar-refractivity contribution in [3.63, 3.8) is 0 Å². The van der Waals surface area contributed by atoms with E-state index in [0.717, 1.165) is 55.7 Å². The molecule has 0 aliphatic heterocycles. The van der Waals surface area contributed by atoms with Gasteiger partial charge in [0, 0.05) is 38.8 Å². The van der Waals surface area contributed by atoms with Gasteiger partial charge in [0.05, 0.1) is 0 Å². The molecule has 4 nitrogen and oxygen atoms in total. The molecule has 0 bridgehead atoms. The van der Waals surface area contributed by atoms with Gasteiger partial charge in [-0.3, -0.25) is 0 Å². The summed E-state index contributed by atoms with van der Waals surface area (Å²) in [7, 11) is 0. The van der Waals surface area contributed by atoms with E-state index in [2.05, 4.69) is 152 Å². The number of para-hydroxylation sites is 2. The van der Waals surface area contributed by atoms with Gasteiger partial charge in [0.25, 0.3) is 0 Å². The van der Waals surface area contributed by atoms with E-state index < -0.39 is 0 Å². The molecule has 2 aromatic heterocycles. The minimum absolute atomic E-state index is 0.138. The van der Waals surface area contributed by atoms with Crippen molar-refractivity contribution in [2.45, 2.75) is 19.3 Å². The van der Waals surface area contributed by atoms with Gasteiger partial charge in [-0.05, 0) is 117 Å². The van der Waals surface area contributed by atoms with E-state index in [9.17, 15) is 0 Å². The zero-order valence-corrected chi connectivity index (χ0v) is 29.9. The highest BCUT2D eigenvalue weighted by Gasteiger charge is 2.35. The third kappa shape index (κ3) is 4.66. The monoisotopic (exact) mass is 694 g/mol. The smallest absolute Gasteiger partial charge is 0.228 e. The van der Waals surface area contributed by atoms with Gasteiger partial charge >= 0.3 is 0 Å². The number of benzene rings is 8. The van der Waals surface area contributed by atoms with Crippen LogP contribution >= 0.6 is 0 Å². The Morgan fingerprint density at radius 2 is 1.17 bits per heavy atom. The van der Waals surface area contributed by atoms with Crippen molar-refractivity contribution in [3.05, 3.63) is 181 Å². The van der Waals surface area contributed by atoms with Crippen molar-refractivity contribution in [1.82, 2.24) is 4.98 Å². The Kier molecular flexibility index (Phi) is 6.56. The second-order valence-electron chi connectivity index (χ2n) is 14.8. The molecule has 10 aromatic rings. The first-order chi connectivity index (χ1) is 26.5. The fraction of sp³-hybridized carbons (Fsp3) is 0.0600. The molecule has 4 heteroatoms. The molecule has 256 valence electrons. The predicted molar refractivity (Wildman–Crippen MR) is 222 cm³/mol. The van der Waals surface area contributed by atoms with E-state index in [1.54, 1.807) is 0 Å². The molecular formula is C50H34N2O2.